The first-order valence-electron chi connectivity index (χ1n) is 29.1. The maximum atomic E-state index is 12.9. The second-order valence-electron chi connectivity index (χ2n) is 19.2. The summed E-state index contributed by atoms with van der Waals surface area (Å²) in [6, 6.07) is 0. The van der Waals surface area contributed by atoms with E-state index in [0.29, 0.717) is 19.3 Å². The van der Waals surface area contributed by atoms with Crippen LogP contribution in [0.2, 0.25) is 0 Å². The number of carbonyl (C=O) groups is 3. The number of allylic oxidation sites excluding steroid dienone is 14. The second-order valence-corrected chi connectivity index (χ2v) is 19.2. The van der Waals surface area contributed by atoms with E-state index in [4.69, 9.17) is 14.2 Å². The van der Waals surface area contributed by atoms with Gasteiger partial charge in [0.05, 0.1) is 0 Å². The number of carbonyl (C=O) groups excluding carboxylic acids is 3. The Labute approximate surface area is 426 Å². The third kappa shape index (κ3) is 55.4. The Hall–Kier alpha value is -3.41. The highest BCUT2D eigenvalue weighted by Crippen LogP contribution is 2.15. The second kappa shape index (κ2) is 57.2. The van der Waals surface area contributed by atoms with Gasteiger partial charge in [-0.05, 0) is 89.9 Å². The maximum absolute atomic E-state index is 12.9. The van der Waals surface area contributed by atoms with Gasteiger partial charge < -0.3 is 14.2 Å². The Bertz CT molecular complexity index is 1330. The van der Waals surface area contributed by atoms with Gasteiger partial charge in [-0.2, -0.15) is 0 Å². The van der Waals surface area contributed by atoms with Crippen LogP contribution in [0.15, 0.2) is 85.1 Å². The van der Waals surface area contributed by atoms with Crippen LogP contribution < -0.4 is 0 Å². The van der Waals surface area contributed by atoms with Crippen LogP contribution in [0.5, 0.6) is 0 Å². The lowest BCUT2D eigenvalue weighted by molar-refractivity contribution is -0.166. The molecule has 0 saturated carbocycles. The number of rotatable bonds is 52. The normalized spacial score (nSPS) is 12.7. The minimum absolute atomic E-state index is 0.101. The first-order valence-corrected chi connectivity index (χ1v) is 29.1. The molecule has 0 bridgehead atoms. The average molecular weight is 962 g/mol. The number of hydrogen-bond donors (Lipinski definition) is 0. The zero-order valence-corrected chi connectivity index (χ0v) is 45.3. The minimum Gasteiger partial charge on any atom is -0.462 e. The quantitative estimate of drug-likeness (QED) is 0.0262. The number of hydrogen-bond acceptors (Lipinski definition) is 6. The molecule has 0 aliphatic heterocycles. The molecular weight excluding hydrogens is 853 g/mol. The van der Waals surface area contributed by atoms with Crippen molar-refractivity contribution in [2.75, 3.05) is 13.2 Å². The predicted molar refractivity (Wildman–Crippen MR) is 297 cm³/mol. The van der Waals surface area contributed by atoms with Gasteiger partial charge in [0, 0.05) is 19.3 Å². The fourth-order valence-corrected chi connectivity index (χ4v) is 7.99. The number of esters is 3. The Kier molecular flexibility index (Phi) is 54.3. The molecule has 0 aliphatic rings. The molecule has 0 spiro atoms. The lowest BCUT2D eigenvalue weighted by Crippen LogP contribution is -2.30. The molecule has 6 nitrogen and oxygen atoms in total. The zero-order chi connectivity index (χ0) is 50.0. The van der Waals surface area contributed by atoms with E-state index in [1.165, 1.54) is 154 Å². The smallest absolute Gasteiger partial charge is 0.306 e. The fourth-order valence-electron chi connectivity index (χ4n) is 7.99. The molecule has 0 fully saturated rings. The topological polar surface area (TPSA) is 78.9 Å². The van der Waals surface area contributed by atoms with Gasteiger partial charge in [-0.1, -0.05) is 254 Å². The molecule has 0 heterocycles. The minimum atomic E-state index is -0.810. The third-order valence-corrected chi connectivity index (χ3v) is 12.4. The van der Waals surface area contributed by atoms with Crippen LogP contribution in [-0.4, -0.2) is 37.2 Å². The Balaban J connectivity index is 4.50. The maximum Gasteiger partial charge on any atom is 0.306 e. The molecule has 69 heavy (non-hydrogen) atoms. The highest BCUT2D eigenvalue weighted by molar-refractivity contribution is 5.71. The largest absolute Gasteiger partial charge is 0.462 e. The van der Waals surface area contributed by atoms with Crippen LogP contribution in [0.25, 0.3) is 0 Å². The Morgan fingerprint density at radius 1 is 0.290 bits per heavy atom. The van der Waals surface area contributed by atoms with Crippen molar-refractivity contribution in [3.63, 3.8) is 0 Å². The molecule has 0 aromatic heterocycles. The van der Waals surface area contributed by atoms with Crippen molar-refractivity contribution in [2.24, 2.45) is 0 Å². The van der Waals surface area contributed by atoms with Crippen LogP contribution in [0.1, 0.15) is 278 Å². The van der Waals surface area contributed by atoms with Crippen LogP contribution in [-0.2, 0) is 28.6 Å². The van der Waals surface area contributed by atoms with E-state index in [-0.39, 0.29) is 37.5 Å². The lowest BCUT2D eigenvalue weighted by atomic mass is 10.0. The third-order valence-electron chi connectivity index (χ3n) is 12.4. The van der Waals surface area contributed by atoms with Gasteiger partial charge in [-0.25, -0.2) is 0 Å². The summed E-state index contributed by atoms with van der Waals surface area (Å²) in [6.07, 6.45) is 74.3. The highest BCUT2D eigenvalue weighted by atomic mass is 16.6. The molecule has 0 aromatic rings. The molecule has 6 heteroatoms. The summed E-state index contributed by atoms with van der Waals surface area (Å²) in [5.41, 5.74) is 0. The average Bonchev–Trinajstić information content (AvgIpc) is 3.35. The lowest BCUT2D eigenvalue weighted by Gasteiger charge is -2.18. The highest BCUT2D eigenvalue weighted by Gasteiger charge is 2.19. The van der Waals surface area contributed by atoms with Crippen molar-refractivity contribution in [1.82, 2.24) is 0 Å². The summed E-state index contributed by atoms with van der Waals surface area (Å²) in [7, 11) is 0. The first-order chi connectivity index (χ1) is 34.0. The Morgan fingerprint density at radius 2 is 0.551 bits per heavy atom. The molecule has 0 saturated heterocycles. The van der Waals surface area contributed by atoms with Gasteiger partial charge in [0.15, 0.2) is 6.10 Å². The van der Waals surface area contributed by atoms with Crippen molar-refractivity contribution in [3.8, 4) is 0 Å². The van der Waals surface area contributed by atoms with E-state index in [9.17, 15) is 14.4 Å². The molecule has 0 unspecified atom stereocenters. The standard InChI is InChI=1S/C63H108O6/c1-4-7-10-13-16-19-22-25-28-30-31-33-35-38-41-44-47-50-53-56-62(65)68-59-60(58-67-61(64)55-52-49-46-43-40-37-34-27-24-21-18-15-12-9-6-3)69-63(66)57-54-51-48-45-42-39-36-32-29-26-23-20-17-14-11-8-5-2/h16-17,19-20,25-26,28-29,31,33,38,41,47,50,60H,4-15,18,21-24,27,30,32,34-37,39-40,42-46,48-49,51-59H2,1-3H3/b19-16-,20-17-,28-25-,29-26-,33-31-,41-38-,50-47-/t60-/m0/s1. The molecule has 0 aliphatic carbocycles. The van der Waals surface area contributed by atoms with Gasteiger partial charge in [0.2, 0.25) is 0 Å². The summed E-state index contributed by atoms with van der Waals surface area (Å²) in [6.45, 7) is 6.54. The van der Waals surface area contributed by atoms with E-state index in [1.807, 2.05) is 6.08 Å². The number of ether oxygens (including phenoxy) is 3. The van der Waals surface area contributed by atoms with Crippen molar-refractivity contribution >= 4 is 17.9 Å². The van der Waals surface area contributed by atoms with Gasteiger partial charge in [-0.3, -0.25) is 14.4 Å². The summed E-state index contributed by atoms with van der Waals surface area (Å²) >= 11 is 0. The first kappa shape index (κ1) is 65.6. The summed E-state index contributed by atoms with van der Waals surface area (Å²) in [5, 5.41) is 0. The molecule has 1 atom stereocenters. The monoisotopic (exact) mass is 961 g/mol. The van der Waals surface area contributed by atoms with E-state index in [2.05, 4.69) is 99.8 Å². The molecule has 0 radical (unpaired) electrons. The molecule has 396 valence electrons. The van der Waals surface area contributed by atoms with E-state index >= 15 is 0 Å². The van der Waals surface area contributed by atoms with Gasteiger partial charge in [0.1, 0.15) is 13.2 Å². The SMILES string of the molecule is CCCCC/C=C\C/C=C\C/C=C\C/C=C\C/C=C\CCC(=O)OC[C@H](COC(=O)CCCCCCCCCCCCCCCCC)OC(=O)CCCCCCCCC/C=C\C/C=C\CCCCC. The fraction of sp³-hybridized carbons (Fsp3) is 0.730. The zero-order valence-electron chi connectivity index (χ0n) is 45.3. The van der Waals surface area contributed by atoms with Crippen LogP contribution in [0, 0.1) is 0 Å². The molecule has 0 aromatic carbocycles. The van der Waals surface area contributed by atoms with Crippen molar-refractivity contribution < 1.29 is 28.6 Å². The molecular formula is C63H108O6. The number of unbranched alkanes of at least 4 members (excludes halogenated alkanes) is 27. The predicted octanol–water partition coefficient (Wildman–Crippen LogP) is 19.5. The van der Waals surface area contributed by atoms with Crippen molar-refractivity contribution in [3.05, 3.63) is 85.1 Å². The van der Waals surface area contributed by atoms with Gasteiger partial charge in [-0.15, -0.1) is 0 Å². The van der Waals surface area contributed by atoms with Gasteiger partial charge in [0.25, 0.3) is 0 Å². The Morgan fingerprint density at radius 3 is 0.928 bits per heavy atom. The molecule has 0 amide bonds. The van der Waals surface area contributed by atoms with E-state index in [1.54, 1.807) is 0 Å². The van der Waals surface area contributed by atoms with Crippen LogP contribution in [0.3, 0.4) is 0 Å². The van der Waals surface area contributed by atoms with E-state index < -0.39 is 6.10 Å². The summed E-state index contributed by atoms with van der Waals surface area (Å²) in [5.74, 6) is -0.988. The van der Waals surface area contributed by atoms with Gasteiger partial charge >= 0.3 is 17.9 Å². The van der Waals surface area contributed by atoms with Crippen LogP contribution >= 0.6 is 0 Å². The van der Waals surface area contributed by atoms with Crippen molar-refractivity contribution in [2.45, 2.75) is 284 Å². The van der Waals surface area contributed by atoms with E-state index in [0.717, 1.165) is 77.0 Å². The molecule has 0 rings (SSSR count). The summed E-state index contributed by atoms with van der Waals surface area (Å²) < 4.78 is 16.8. The van der Waals surface area contributed by atoms with Crippen LogP contribution in [0.4, 0.5) is 0 Å². The summed E-state index contributed by atoms with van der Waals surface area (Å²) in [4.78, 5) is 38.1. The van der Waals surface area contributed by atoms with Crippen molar-refractivity contribution in [1.29, 1.82) is 0 Å². The molecule has 0 N–H and O–H groups in total.